The van der Waals surface area contributed by atoms with Gasteiger partial charge in [-0.15, -0.1) is 0 Å². The average Bonchev–Trinajstić information content (AvgIpc) is 3.16. The summed E-state index contributed by atoms with van der Waals surface area (Å²) in [7, 11) is 0. The minimum Gasteiger partial charge on any atom is -0.458 e. The smallest absolute Gasteiger partial charge is 0.270 e. The molecule has 0 unspecified atom stereocenters. The van der Waals surface area contributed by atoms with Crippen LogP contribution in [0.2, 0.25) is 0 Å². The Kier molecular flexibility index (Phi) is 5.40. The van der Waals surface area contributed by atoms with Crippen LogP contribution in [0.25, 0.3) is 0 Å². The molecule has 0 amide bonds. The molecule has 5 aliphatic rings. The molecule has 0 radical (unpaired) electrons. The summed E-state index contributed by atoms with van der Waals surface area (Å²) in [4.78, 5) is 9.53. The molecule has 0 saturated carbocycles. The summed E-state index contributed by atoms with van der Waals surface area (Å²) in [5.74, 6) is 4.84. The second-order valence-electron chi connectivity index (χ2n) is 12.8. The maximum Gasteiger partial charge on any atom is 0.270 e. The Morgan fingerprint density at radius 2 is 0.720 bits per heavy atom. The number of fused-ring (bicyclic) bond motifs is 4. The van der Waals surface area contributed by atoms with E-state index in [4.69, 9.17) is 14.2 Å². The summed E-state index contributed by atoms with van der Waals surface area (Å²) in [6.45, 7) is -0.137. The molecule has 5 heterocycles. The molecule has 0 atom stereocenters. The molecule has 0 spiro atoms. The van der Waals surface area contributed by atoms with Crippen molar-refractivity contribution in [2.24, 2.45) is 0 Å². The van der Waals surface area contributed by atoms with E-state index in [0.717, 1.165) is 85.0 Å². The molecule has 0 bridgehead atoms. The average molecular weight is 679 g/mol. The largest absolute Gasteiger partial charge is 0.458 e. The first kappa shape index (κ1) is 27.2. The van der Waals surface area contributed by atoms with Crippen LogP contribution in [0.1, 0.15) is 0 Å². The van der Waals surface area contributed by atoms with Crippen molar-refractivity contribution in [3.8, 4) is 34.5 Å². The van der Waals surface area contributed by atoms with E-state index in [2.05, 4.69) is 125 Å². The van der Waals surface area contributed by atoms with Gasteiger partial charge in [0.25, 0.3) is 6.71 Å². The Morgan fingerprint density at radius 1 is 0.360 bits per heavy atom. The Morgan fingerprint density at radius 3 is 1.12 bits per heavy atom. The molecule has 5 aliphatic heterocycles. The van der Waals surface area contributed by atoms with Crippen LogP contribution in [0.15, 0.2) is 159 Å². The zero-order valence-corrected chi connectivity index (χ0v) is 27.9. The number of ether oxygens (including phenoxy) is 3. The molecule has 12 rings (SSSR count). The van der Waals surface area contributed by atoms with Gasteiger partial charge in [-0.3, -0.25) is 0 Å². The van der Waals surface area contributed by atoms with Crippen molar-refractivity contribution in [2.75, 3.05) is 9.80 Å². The van der Waals surface area contributed by atoms with E-state index < -0.39 is 0 Å². The first-order valence-corrected chi connectivity index (χ1v) is 18.3. The number of rotatable bonds is 2. The van der Waals surface area contributed by atoms with Crippen LogP contribution in [-0.4, -0.2) is 6.71 Å². The van der Waals surface area contributed by atoms with E-state index in [1.165, 1.54) is 19.6 Å². The lowest BCUT2D eigenvalue weighted by Crippen LogP contribution is -2.60. The van der Waals surface area contributed by atoms with Gasteiger partial charge in [0, 0.05) is 36.0 Å². The molecular weight excluding hydrogens is 655 g/mol. The van der Waals surface area contributed by atoms with Gasteiger partial charge in [0.05, 0.1) is 34.1 Å². The van der Waals surface area contributed by atoms with E-state index >= 15 is 0 Å². The second kappa shape index (κ2) is 9.94. The quantitative estimate of drug-likeness (QED) is 0.168. The van der Waals surface area contributed by atoms with Crippen molar-refractivity contribution in [3.63, 3.8) is 0 Å². The van der Waals surface area contributed by atoms with Crippen LogP contribution in [0, 0.1) is 0 Å². The van der Waals surface area contributed by atoms with Gasteiger partial charge in [-0.05, 0) is 78.9 Å². The molecule has 8 heteroatoms. The number of nitrogens with zero attached hydrogens (tertiary/aromatic N) is 2. The number of para-hydroxylation sites is 4. The third-order valence-corrected chi connectivity index (χ3v) is 12.4. The first-order valence-electron chi connectivity index (χ1n) is 16.6. The predicted molar refractivity (Wildman–Crippen MR) is 202 cm³/mol. The van der Waals surface area contributed by atoms with Crippen molar-refractivity contribution in [1.29, 1.82) is 0 Å². The Balaban J connectivity index is 1.23. The maximum absolute atomic E-state index is 7.11. The molecule has 50 heavy (non-hydrogen) atoms. The monoisotopic (exact) mass is 678 g/mol. The summed E-state index contributed by atoms with van der Waals surface area (Å²) in [6, 6.07) is 49.1. The number of hydrogen-bond donors (Lipinski definition) is 0. The van der Waals surface area contributed by atoms with E-state index in [-0.39, 0.29) is 6.71 Å². The third-order valence-electron chi connectivity index (χ3n) is 10.1. The molecular formula is C42H23BN2O3S2. The molecule has 0 saturated heterocycles. The lowest BCUT2D eigenvalue weighted by molar-refractivity contribution is 0.443. The first-order chi connectivity index (χ1) is 24.8. The van der Waals surface area contributed by atoms with Gasteiger partial charge in [0.1, 0.15) is 23.0 Å². The molecule has 7 aromatic carbocycles. The van der Waals surface area contributed by atoms with Gasteiger partial charge in [-0.2, -0.15) is 0 Å². The fraction of sp³-hybridized carbons (Fsp3) is 0. The lowest BCUT2D eigenvalue weighted by Gasteiger charge is -2.42. The zero-order valence-electron chi connectivity index (χ0n) is 26.3. The highest BCUT2D eigenvalue weighted by Crippen LogP contribution is 2.59. The van der Waals surface area contributed by atoms with Crippen LogP contribution < -0.4 is 40.4 Å². The number of hydrogen-bond acceptors (Lipinski definition) is 7. The number of benzene rings is 7. The summed E-state index contributed by atoms with van der Waals surface area (Å²) >= 11 is 3.61. The summed E-state index contributed by atoms with van der Waals surface area (Å²) in [5.41, 5.74) is 9.46. The Labute approximate surface area is 297 Å². The van der Waals surface area contributed by atoms with Gasteiger partial charge < -0.3 is 24.0 Å². The van der Waals surface area contributed by atoms with Crippen molar-refractivity contribution in [1.82, 2.24) is 0 Å². The third kappa shape index (κ3) is 3.56. The highest BCUT2D eigenvalue weighted by atomic mass is 32.2. The van der Waals surface area contributed by atoms with Gasteiger partial charge >= 0.3 is 0 Å². The molecule has 0 N–H and O–H groups in total. The summed E-state index contributed by atoms with van der Waals surface area (Å²) < 4.78 is 20.8. The molecule has 0 aromatic heterocycles. The van der Waals surface area contributed by atoms with Crippen LogP contribution in [-0.2, 0) is 0 Å². The van der Waals surface area contributed by atoms with Crippen molar-refractivity contribution in [2.45, 2.75) is 19.6 Å². The van der Waals surface area contributed by atoms with Gasteiger partial charge in [-0.1, -0.05) is 84.2 Å². The standard InChI is InChI=1S/C42H23BN2O3S2/c1-5-19-34-24(11-1)44(25-12-2-6-20-35(25)49-34)28-23-29(45-26-13-3-7-21-36(26)50-37-22-8-4-14-27(37)45)42-40-41(28)47-32-17-9-15-30-38(32)43(40)39-31(46-30)16-10-18-33(39)48-42/h1-23H. The highest BCUT2D eigenvalue weighted by molar-refractivity contribution is 8.00. The molecule has 5 nitrogen and oxygen atoms in total. The highest BCUT2D eigenvalue weighted by Gasteiger charge is 2.49. The van der Waals surface area contributed by atoms with Gasteiger partial charge in [0.15, 0.2) is 11.5 Å². The van der Waals surface area contributed by atoms with Crippen LogP contribution in [0.5, 0.6) is 34.5 Å². The Hall–Kier alpha value is -5.70. The van der Waals surface area contributed by atoms with Crippen LogP contribution in [0.4, 0.5) is 34.1 Å². The molecule has 0 fully saturated rings. The van der Waals surface area contributed by atoms with Crippen molar-refractivity contribution >= 4 is 80.7 Å². The van der Waals surface area contributed by atoms with Gasteiger partial charge in [0.2, 0.25) is 0 Å². The van der Waals surface area contributed by atoms with Crippen molar-refractivity contribution < 1.29 is 14.2 Å². The molecule has 7 aromatic rings. The fourth-order valence-electron chi connectivity index (χ4n) is 8.12. The minimum absolute atomic E-state index is 0.137. The van der Waals surface area contributed by atoms with E-state index in [9.17, 15) is 0 Å². The van der Waals surface area contributed by atoms with Crippen LogP contribution >= 0.6 is 23.5 Å². The van der Waals surface area contributed by atoms with Crippen LogP contribution in [0.3, 0.4) is 0 Å². The topological polar surface area (TPSA) is 34.2 Å². The molecule has 0 aliphatic carbocycles. The van der Waals surface area contributed by atoms with Crippen molar-refractivity contribution in [3.05, 3.63) is 140 Å². The van der Waals surface area contributed by atoms with E-state index in [1.807, 2.05) is 24.3 Å². The lowest BCUT2D eigenvalue weighted by atomic mass is 9.33. The van der Waals surface area contributed by atoms with E-state index in [1.54, 1.807) is 23.5 Å². The summed E-state index contributed by atoms with van der Waals surface area (Å²) in [5, 5.41) is 0. The van der Waals surface area contributed by atoms with Gasteiger partial charge in [-0.25, -0.2) is 0 Å². The van der Waals surface area contributed by atoms with E-state index in [0.29, 0.717) is 0 Å². The SMILES string of the molecule is c1cc2c3c(c1)Oc1c(N4c5ccccc5Sc5ccccc54)cc(N4c5ccccc5Sc5ccccc54)c4c1B3c1c(cccc1O4)O2. The minimum atomic E-state index is -0.137. The predicted octanol–water partition coefficient (Wildman–Crippen LogP) is 10.4. The Bertz CT molecular complexity index is 2380. The summed E-state index contributed by atoms with van der Waals surface area (Å²) in [6.07, 6.45) is 0. The number of anilines is 6. The zero-order chi connectivity index (χ0) is 32.5. The maximum atomic E-state index is 7.11. The second-order valence-corrected chi connectivity index (χ2v) is 15.0. The fourth-order valence-corrected chi connectivity index (χ4v) is 10.2. The molecule has 234 valence electrons. The normalized spacial score (nSPS) is 14.6.